The molecule has 1 saturated heterocycles. The highest BCUT2D eigenvalue weighted by atomic mass is 32.1. The zero-order valence-electron chi connectivity index (χ0n) is 18.5. The molecule has 6 rings (SSSR count). The Morgan fingerprint density at radius 1 is 1.15 bits per heavy atom. The Labute approximate surface area is 200 Å². The lowest BCUT2D eigenvalue weighted by atomic mass is 10.1. The third kappa shape index (κ3) is 3.93. The highest BCUT2D eigenvalue weighted by molar-refractivity contribution is 7.22. The van der Waals surface area contributed by atoms with E-state index in [4.69, 9.17) is 0 Å². The number of thiophene rings is 1. The number of aliphatic carboxylic acids is 1. The molecule has 3 N–H and O–H groups in total. The molecular weight excluding hydrogens is 444 g/mol. The molecule has 1 aliphatic rings. The fourth-order valence-corrected chi connectivity index (χ4v) is 5.86. The van der Waals surface area contributed by atoms with Gasteiger partial charge in [0.15, 0.2) is 0 Å². The van der Waals surface area contributed by atoms with E-state index in [1.807, 2.05) is 18.5 Å². The van der Waals surface area contributed by atoms with Crippen molar-refractivity contribution in [3.63, 3.8) is 0 Å². The molecule has 1 unspecified atom stereocenters. The van der Waals surface area contributed by atoms with Crippen molar-refractivity contribution < 1.29 is 9.90 Å². The Morgan fingerprint density at radius 2 is 2.03 bits per heavy atom. The van der Waals surface area contributed by atoms with Gasteiger partial charge in [0.05, 0.1) is 15.9 Å². The Bertz CT molecular complexity index is 1490. The standard InChI is InChI=1S/C27H24N4O2S/c32-27(33)24-2-1-13-31(24)16-17-3-5-18(6-4-17)25-15-23-26(34-25)22(10-12-29-23)30-20-7-8-21-19(14-20)9-11-28-21/h3-12,14-15,24,28H,1-2,13,16H2,(H,29,30)(H,32,33). The van der Waals surface area contributed by atoms with Crippen LogP contribution in [0.5, 0.6) is 0 Å². The van der Waals surface area contributed by atoms with Gasteiger partial charge in [-0.3, -0.25) is 14.7 Å². The summed E-state index contributed by atoms with van der Waals surface area (Å²) in [6, 6.07) is 20.6. The largest absolute Gasteiger partial charge is 0.480 e. The van der Waals surface area contributed by atoms with E-state index in [0.29, 0.717) is 6.54 Å². The summed E-state index contributed by atoms with van der Waals surface area (Å²) in [7, 11) is 0. The van der Waals surface area contributed by atoms with Crippen molar-refractivity contribution in [2.24, 2.45) is 0 Å². The van der Waals surface area contributed by atoms with Crippen LogP contribution in [-0.2, 0) is 11.3 Å². The number of nitrogens with zero attached hydrogens (tertiary/aromatic N) is 2. The second-order valence-electron chi connectivity index (χ2n) is 8.75. The molecule has 0 spiro atoms. The van der Waals surface area contributed by atoms with Crippen molar-refractivity contribution in [2.75, 3.05) is 11.9 Å². The molecule has 0 amide bonds. The number of nitrogens with one attached hydrogen (secondary N) is 2. The zero-order chi connectivity index (χ0) is 23.1. The van der Waals surface area contributed by atoms with Crippen LogP contribution in [0.2, 0.25) is 0 Å². The first-order valence-electron chi connectivity index (χ1n) is 11.4. The molecule has 34 heavy (non-hydrogen) atoms. The van der Waals surface area contributed by atoms with E-state index in [2.05, 4.69) is 74.8 Å². The zero-order valence-corrected chi connectivity index (χ0v) is 19.3. The molecule has 7 heteroatoms. The number of pyridine rings is 1. The number of aromatic nitrogens is 2. The number of hydrogen-bond donors (Lipinski definition) is 3. The Balaban J connectivity index is 1.24. The van der Waals surface area contributed by atoms with Gasteiger partial charge >= 0.3 is 5.97 Å². The molecule has 1 atom stereocenters. The molecule has 4 heterocycles. The van der Waals surface area contributed by atoms with E-state index in [1.54, 1.807) is 11.3 Å². The molecule has 1 fully saturated rings. The SMILES string of the molecule is O=C(O)C1CCCN1Cc1ccc(-c2cc3nccc(Nc4ccc5[nH]ccc5c4)c3s2)cc1. The lowest BCUT2D eigenvalue weighted by Gasteiger charge is -2.21. The number of carboxylic acid groups (broad SMARTS) is 1. The van der Waals surface area contributed by atoms with Gasteiger partial charge in [0, 0.05) is 40.4 Å². The van der Waals surface area contributed by atoms with Crippen LogP contribution in [0.1, 0.15) is 18.4 Å². The van der Waals surface area contributed by atoms with E-state index >= 15 is 0 Å². The highest BCUT2D eigenvalue weighted by Gasteiger charge is 2.30. The molecule has 0 saturated carbocycles. The molecule has 3 aromatic heterocycles. The minimum Gasteiger partial charge on any atom is -0.480 e. The number of aromatic amines is 1. The number of benzene rings is 2. The molecule has 170 valence electrons. The minimum atomic E-state index is -0.718. The van der Waals surface area contributed by atoms with E-state index in [0.717, 1.165) is 62.5 Å². The predicted octanol–water partition coefficient (Wildman–Crippen LogP) is 6.24. The Kier molecular flexibility index (Phi) is 5.28. The third-order valence-corrected chi connectivity index (χ3v) is 7.72. The van der Waals surface area contributed by atoms with Gasteiger partial charge in [0.1, 0.15) is 6.04 Å². The summed E-state index contributed by atoms with van der Waals surface area (Å²) in [5.74, 6) is -0.718. The third-order valence-electron chi connectivity index (χ3n) is 6.52. The molecule has 0 aliphatic carbocycles. The van der Waals surface area contributed by atoms with Gasteiger partial charge < -0.3 is 15.4 Å². The van der Waals surface area contributed by atoms with Gasteiger partial charge in [0.25, 0.3) is 0 Å². The lowest BCUT2D eigenvalue weighted by molar-refractivity contribution is -0.142. The van der Waals surface area contributed by atoms with Crippen LogP contribution in [0, 0.1) is 0 Å². The number of anilines is 2. The molecule has 5 aromatic rings. The van der Waals surface area contributed by atoms with Gasteiger partial charge in [-0.05, 0) is 66.9 Å². The average molecular weight is 469 g/mol. The number of hydrogen-bond acceptors (Lipinski definition) is 5. The minimum absolute atomic E-state index is 0.364. The van der Waals surface area contributed by atoms with E-state index in [9.17, 15) is 9.90 Å². The predicted molar refractivity (Wildman–Crippen MR) is 138 cm³/mol. The number of carbonyl (C=O) groups is 1. The molecule has 1 aliphatic heterocycles. The summed E-state index contributed by atoms with van der Waals surface area (Å²) in [4.78, 5) is 22.5. The second kappa shape index (κ2) is 8.59. The van der Waals surface area contributed by atoms with Crippen molar-refractivity contribution in [3.05, 3.63) is 78.6 Å². The first kappa shape index (κ1) is 20.9. The second-order valence-corrected chi connectivity index (χ2v) is 9.80. The molecular formula is C27H24N4O2S. The van der Waals surface area contributed by atoms with Crippen LogP contribution in [0.3, 0.4) is 0 Å². The maximum absolute atomic E-state index is 11.5. The number of H-pyrrole nitrogens is 1. The fourth-order valence-electron chi connectivity index (χ4n) is 4.77. The van der Waals surface area contributed by atoms with Crippen molar-refractivity contribution >= 4 is 49.8 Å². The Morgan fingerprint density at radius 3 is 2.88 bits per heavy atom. The van der Waals surface area contributed by atoms with Crippen molar-refractivity contribution in [1.29, 1.82) is 0 Å². The summed E-state index contributed by atoms with van der Waals surface area (Å²) in [5.41, 5.74) is 6.46. The quantitative estimate of drug-likeness (QED) is 0.275. The van der Waals surface area contributed by atoms with Crippen LogP contribution in [0.25, 0.3) is 31.6 Å². The molecule has 6 nitrogen and oxygen atoms in total. The summed E-state index contributed by atoms with van der Waals surface area (Å²) in [5, 5.41) is 14.2. The van der Waals surface area contributed by atoms with Crippen LogP contribution in [0.15, 0.2) is 73.1 Å². The van der Waals surface area contributed by atoms with Gasteiger partial charge in [0.2, 0.25) is 0 Å². The maximum atomic E-state index is 11.5. The number of likely N-dealkylation sites (tertiary alicyclic amines) is 1. The summed E-state index contributed by atoms with van der Waals surface area (Å²) >= 11 is 1.73. The van der Waals surface area contributed by atoms with Crippen molar-refractivity contribution in [1.82, 2.24) is 14.9 Å². The highest BCUT2D eigenvalue weighted by Crippen LogP contribution is 2.38. The number of rotatable bonds is 6. The van der Waals surface area contributed by atoms with E-state index < -0.39 is 5.97 Å². The topological polar surface area (TPSA) is 81.2 Å². The van der Waals surface area contributed by atoms with Crippen LogP contribution in [-0.4, -0.2) is 38.5 Å². The number of carboxylic acids is 1. The smallest absolute Gasteiger partial charge is 0.320 e. The lowest BCUT2D eigenvalue weighted by Crippen LogP contribution is -2.35. The summed E-state index contributed by atoms with van der Waals surface area (Å²) in [6.07, 6.45) is 5.47. The normalized spacial score (nSPS) is 16.4. The average Bonchev–Trinajstić information content (AvgIpc) is 3.59. The maximum Gasteiger partial charge on any atom is 0.320 e. The van der Waals surface area contributed by atoms with Crippen molar-refractivity contribution in [3.8, 4) is 10.4 Å². The van der Waals surface area contributed by atoms with Crippen molar-refractivity contribution in [2.45, 2.75) is 25.4 Å². The number of fused-ring (bicyclic) bond motifs is 2. The van der Waals surface area contributed by atoms with Crippen LogP contribution < -0.4 is 5.32 Å². The summed E-state index contributed by atoms with van der Waals surface area (Å²) in [6.45, 7) is 1.51. The van der Waals surface area contributed by atoms with Gasteiger partial charge in [-0.15, -0.1) is 11.3 Å². The first-order chi connectivity index (χ1) is 16.6. The van der Waals surface area contributed by atoms with Crippen LogP contribution >= 0.6 is 11.3 Å². The summed E-state index contributed by atoms with van der Waals surface area (Å²) < 4.78 is 1.12. The molecule has 0 bridgehead atoms. The fraction of sp³-hybridized carbons (Fsp3) is 0.185. The Hall–Kier alpha value is -3.68. The van der Waals surface area contributed by atoms with E-state index in [1.165, 1.54) is 5.39 Å². The van der Waals surface area contributed by atoms with E-state index in [-0.39, 0.29) is 6.04 Å². The van der Waals surface area contributed by atoms with Gasteiger partial charge in [-0.25, -0.2) is 0 Å². The van der Waals surface area contributed by atoms with Gasteiger partial charge in [-0.1, -0.05) is 24.3 Å². The molecule has 0 radical (unpaired) electrons. The first-order valence-corrected chi connectivity index (χ1v) is 12.2. The van der Waals surface area contributed by atoms with Crippen LogP contribution in [0.4, 0.5) is 11.4 Å². The molecule has 2 aromatic carbocycles. The monoisotopic (exact) mass is 468 g/mol. The van der Waals surface area contributed by atoms with Gasteiger partial charge in [-0.2, -0.15) is 0 Å².